The van der Waals surface area contributed by atoms with Gasteiger partial charge in [-0.25, -0.2) is 14.6 Å². The summed E-state index contributed by atoms with van der Waals surface area (Å²) in [6.07, 6.45) is -0.105. The quantitative estimate of drug-likeness (QED) is 0.304. The standard InChI is InChI=1S/C26H31ClF3N3O4/c1-15(2)33(24(34)18-7-5-16(3)6-8-18)22-10-9-19(12-20(22)25(35)36-4)37-23-21(26(28,29)30)11-17(13-31-23)14-32-27/h9-13,15-16,18,32H,5-8,14H2,1-4H3. The fourth-order valence-electron chi connectivity index (χ4n) is 4.48. The molecular weight excluding hydrogens is 511 g/mol. The molecule has 1 aromatic heterocycles. The monoisotopic (exact) mass is 541 g/mol. The number of alkyl halides is 3. The van der Waals surface area contributed by atoms with Crippen molar-refractivity contribution in [2.45, 2.75) is 65.2 Å². The fourth-order valence-corrected chi connectivity index (χ4v) is 4.64. The Balaban J connectivity index is 2.00. The Morgan fingerprint density at radius 2 is 1.86 bits per heavy atom. The number of rotatable bonds is 8. The molecule has 0 atom stereocenters. The van der Waals surface area contributed by atoms with Gasteiger partial charge in [0.15, 0.2) is 0 Å². The van der Waals surface area contributed by atoms with E-state index in [1.165, 1.54) is 31.5 Å². The number of nitrogens with zero attached hydrogens (tertiary/aromatic N) is 2. The second-order valence-electron chi connectivity index (χ2n) is 9.54. The molecule has 0 radical (unpaired) electrons. The van der Waals surface area contributed by atoms with Gasteiger partial charge in [-0.2, -0.15) is 13.2 Å². The SMILES string of the molecule is COC(=O)c1cc(Oc2ncc(CNCl)cc2C(F)(F)F)ccc1N(C(=O)C1CCC(C)CC1)C(C)C. The Labute approximate surface area is 219 Å². The fraction of sp³-hybridized carbons (Fsp3) is 0.500. The van der Waals surface area contributed by atoms with Crippen LogP contribution >= 0.6 is 11.8 Å². The van der Waals surface area contributed by atoms with Crippen molar-refractivity contribution in [3.05, 3.63) is 47.2 Å². The summed E-state index contributed by atoms with van der Waals surface area (Å²) < 4.78 is 51.5. The average molecular weight is 542 g/mol. The van der Waals surface area contributed by atoms with E-state index in [0.717, 1.165) is 31.7 Å². The molecule has 1 aliphatic carbocycles. The largest absolute Gasteiger partial charge is 0.465 e. The third-order valence-electron chi connectivity index (χ3n) is 6.45. The van der Waals surface area contributed by atoms with E-state index in [2.05, 4.69) is 16.7 Å². The Bertz CT molecular complexity index is 1120. The van der Waals surface area contributed by atoms with Crippen LogP contribution in [-0.4, -0.2) is 30.0 Å². The van der Waals surface area contributed by atoms with E-state index in [1.807, 2.05) is 13.8 Å². The number of carbonyl (C=O) groups excluding carboxylic acids is 2. The lowest BCUT2D eigenvalue weighted by molar-refractivity contribution is -0.139. The molecule has 3 rings (SSSR count). The Morgan fingerprint density at radius 1 is 1.19 bits per heavy atom. The Kier molecular flexibility index (Phi) is 9.41. The van der Waals surface area contributed by atoms with Gasteiger partial charge in [0.2, 0.25) is 11.8 Å². The van der Waals surface area contributed by atoms with Crippen LogP contribution in [-0.2, 0) is 22.3 Å². The van der Waals surface area contributed by atoms with E-state index < -0.39 is 23.6 Å². The first-order valence-electron chi connectivity index (χ1n) is 12.1. The van der Waals surface area contributed by atoms with Gasteiger partial charge in [-0.05, 0) is 87.1 Å². The molecule has 2 aromatic rings. The first kappa shape index (κ1) is 28.7. The number of hydrogen-bond acceptors (Lipinski definition) is 6. The molecule has 7 nitrogen and oxygen atoms in total. The Morgan fingerprint density at radius 3 is 2.43 bits per heavy atom. The second-order valence-corrected chi connectivity index (χ2v) is 9.80. The topological polar surface area (TPSA) is 80.8 Å². The van der Waals surface area contributed by atoms with Crippen LogP contribution in [0.15, 0.2) is 30.5 Å². The minimum absolute atomic E-state index is 0.00254. The molecule has 202 valence electrons. The van der Waals surface area contributed by atoms with Crippen molar-refractivity contribution in [1.82, 2.24) is 9.82 Å². The zero-order valence-corrected chi connectivity index (χ0v) is 21.9. The van der Waals surface area contributed by atoms with Crippen LogP contribution in [0.4, 0.5) is 18.9 Å². The highest BCUT2D eigenvalue weighted by Gasteiger charge is 2.36. The zero-order chi connectivity index (χ0) is 27.3. The number of methoxy groups -OCH3 is 1. The van der Waals surface area contributed by atoms with E-state index >= 15 is 0 Å². The molecule has 0 aliphatic heterocycles. The van der Waals surface area contributed by atoms with Crippen molar-refractivity contribution in [2.24, 2.45) is 11.8 Å². The van der Waals surface area contributed by atoms with Gasteiger partial charge >= 0.3 is 12.1 Å². The molecular formula is C26H31ClF3N3O4. The summed E-state index contributed by atoms with van der Waals surface area (Å²) in [4.78, 5) is 33.9. The maximum absolute atomic E-state index is 13.7. The molecule has 1 amide bonds. The molecule has 0 bridgehead atoms. The third-order valence-corrected chi connectivity index (χ3v) is 6.58. The van der Waals surface area contributed by atoms with E-state index in [4.69, 9.17) is 21.3 Å². The van der Waals surface area contributed by atoms with Crippen LogP contribution < -0.4 is 14.5 Å². The summed E-state index contributed by atoms with van der Waals surface area (Å²) in [7, 11) is 1.19. The molecule has 0 saturated heterocycles. The molecule has 1 aromatic carbocycles. The lowest BCUT2D eigenvalue weighted by atomic mass is 9.82. The number of anilines is 1. The van der Waals surface area contributed by atoms with Crippen molar-refractivity contribution >= 4 is 29.3 Å². The van der Waals surface area contributed by atoms with Gasteiger partial charge < -0.3 is 14.4 Å². The number of nitrogens with one attached hydrogen (secondary N) is 1. The van der Waals surface area contributed by atoms with Gasteiger partial charge in [0.25, 0.3) is 0 Å². The van der Waals surface area contributed by atoms with Gasteiger partial charge in [-0.3, -0.25) is 4.79 Å². The lowest BCUT2D eigenvalue weighted by Gasteiger charge is -2.34. The highest BCUT2D eigenvalue weighted by molar-refractivity contribution is 6.13. The molecule has 1 fully saturated rings. The number of hydrogen-bond donors (Lipinski definition) is 1. The molecule has 37 heavy (non-hydrogen) atoms. The zero-order valence-electron chi connectivity index (χ0n) is 21.2. The Hall–Kier alpha value is -2.85. The molecule has 1 aliphatic rings. The number of amides is 1. The number of pyridine rings is 1. The number of carbonyl (C=O) groups is 2. The number of aromatic nitrogens is 1. The number of ether oxygens (including phenoxy) is 2. The van der Waals surface area contributed by atoms with E-state index in [-0.39, 0.29) is 41.3 Å². The van der Waals surface area contributed by atoms with Crippen LogP contribution in [0.5, 0.6) is 11.6 Å². The maximum atomic E-state index is 13.7. The predicted molar refractivity (Wildman–Crippen MR) is 134 cm³/mol. The predicted octanol–water partition coefficient (Wildman–Crippen LogP) is 6.49. The molecule has 11 heteroatoms. The summed E-state index contributed by atoms with van der Waals surface area (Å²) in [5, 5.41) is 0. The van der Waals surface area contributed by atoms with Crippen molar-refractivity contribution in [1.29, 1.82) is 0 Å². The van der Waals surface area contributed by atoms with Crippen LogP contribution in [0.3, 0.4) is 0 Å². The number of benzene rings is 1. The highest BCUT2D eigenvalue weighted by atomic mass is 35.5. The average Bonchev–Trinajstić information content (AvgIpc) is 2.85. The summed E-state index contributed by atoms with van der Waals surface area (Å²) in [6, 6.07) is 4.77. The lowest BCUT2D eigenvalue weighted by Crippen LogP contribution is -2.43. The summed E-state index contributed by atoms with van der Waals surface area (Å²) in [5.74, 6) is -1.18. The van der Waals surface area contributed by atoms with Gasteiger partial charge in [-0.1, -0.05) is 6.92 Å². The van der Waals surface area contributed by atoms with Crippen LogP contribution in [0.2, 0.25) is 0 Å². The molecule has 1 N–H and O–H groups in total. The number of halogens is 4. The summed E-state index contributed by atoms with van der Waals surface area (Å²) in [6.45, 7) is 5.81. The van der Waals surface area contributed by atoms with Crippen molar-refractivity contribution in [2.75, 3.05) is 12.0 Å². The highest BCUT2D eigenvalue weighted by Crippen LogP contribution is 2.39. The van der Waals surface area contributed by atoms with E-state index in [9.17, 15) is 22.8 Å². The number of esters is 1. The van der Waals surface area contributed by atoms with Gasteiger partial charge in [0.1, 0.15) is 11.3 Å². The second kappa shape index (κ2) is 12.1. The smallest absolute Gasteiger partial charge is 0.421 e. The van der Waals surface area contributed by atoms with Crippen molar-refractivity contribution in [3.8, 4) is 11.6 Å². The molecule has 1 saturated carbocycles. The summed E-state index contributed by atoms with van der Waals surface area (Å²) >= 11 is 5.41. The van der Waals surface area contributed by atoms with E-state index in [0.29, 0.717) is 11.6 Å². The first-order valence-corrected chi connectivity index (χ1v) is 12.5. The van der Waals surface area contributed by atoms with Gasteiger partial charge in [0.05, 0.1) is 18.4 Å². The van der Waals surface area contributed by atoms with Crippen LogP contribution in [0.25, 0.3) is 0 Å². The molecule has 1 heterocycles. The van der Waals surface area contributed by atoms with Gasteiger partial charge in [-0.15, -0.1) is 0 Å². The van der Waals surface area contributed by atoms with Crippen LogP contribution in [0.1, 0.15) is 67.9 Å². The molecule has 0 unspecified atom stereocenters. The minimum Gasteiger partial charge on any atom is -0.465 e. The van der Waals surface area contributed by atoms with Crippen LogP contribution in [0, 0.1) is 11.8 Å². The van der Waals surface area contributed by atoms with Crippen molar-refractivity contribution < 1.29 is 32.2 Å². The molecule has 0 spiro atoms. The third kappa shape index (κ3) is 6.93. The van der Waals surface area contributed by atoms with E-state index in [1.54, 1.807) is 4.90 Å². The maximum Gasteiger partial charge on any atom is 0.421 e. The minimum atomic E-state index is -4.74. The first-order chi connectivity index (χ1) is 17.5. The summed E-state index contributed by atoms with van der Waals surface area (Å²) in [5.41, 5.74) is -0.567. The van der Waals surface area contributed by atoms with Crippen molar-refractivity contribution in [3.63, 3.8) is 0 Å². The normalized spacial score (nSPS) is 18.0. The van der Waals surface area contributed by atoms with Gasteiger partial charge in [0, 0.05) is 24.7 Å².